The Kier molecular flexibility index (Phi) is 4.61. The van der Waals surface area contributed by atoms with Gasteiger partial charge in [-0.25, -0.2) is 0 Å². The minimum Gasteiger partial charge on any atom is -0.508 e. The number of phenols is 1. The summed E-state index contributed by atoms with van der Waals surface area (Å²) in [4.78, 5) is 2.75. The molecule has 0 amide bonds. The zero-order valence-electron chi connectivity index (χ0n) is 12.9. The molecule has 1 atom stereocenters. The van der Waals surface area contributed by atoms with Crippen molar-refractivity contribution in [3.8, 4) is 11.5 Å². The van der Waals surface area contributed by atoms with Gasteiger partial charge in [0.1, 0.15) is 17.1 Å². The molecule has 1 aliphatic rings. The van der Waals surface area contributed by atoms with Crippen LogP contribution in [0.3, 0.4) is 0 Å². The van der Waals surface area contributed by atoms with Gasteiger partial charge in [0.2, 0.25) is 0 Å². The van der Waals surface area contributed by atoms with E-state index in [4.69, 9.17) is 22.7 Å². The van der Waals surface area contributed by atoms with Crippen LogP contribution >= 0.6 is 12.2 Å². The molecule has 116 valence electrons. The van der Waals surface area contributed by atoms with E-state index in [1.807, 2.05) is 13.0 Å². The number of fused-ring (bicyclic) bond motifs is 1. The van der Waals surface area contributed by atoms with E-state index in [0.717, 1.165) is 37.4 Å². The highest BCUT2D eigenvalue weighted by Crippen LogP contribution is 2.41. The van der Waals surface area contributed by atoms with E-state index < -0.39 is 0 Å². The first-order valence-electron chi connectivity index (χ1n) is 7.47. The number of ether oxygens (including phenoxy) is 1. The second-order valence-corrected chi connectivity index (χ2v) is 6.30. The van der Waals surface area contributed by atoms with Crippen molar-refractivity contribution in [2.75, 3.05) is 18.0 Å². The summed E-state index contributed by atoms with van der Waals surface area (Å²) >= 11 is 5.10. The maximum Gasteiger partial charge on any atom is 0.143 e. The second-order valence-electron chi connectivity index (χ2n) is 5.83. The number of rotatable bonds is 5. The van der Waals surface area contributed by atoms with Gasteiger partial charge in [0.15, 0.2) is 0 Å². The van der Waals surface area contributed by atoms with Crippen molar-refractivity contribution in [3.63, 3.8) is 0 Å². The quantitative estimate of drug-likeness (QED) is 0.819. The second kappa shape index (κ2) is 6.10. The Balaban J connectivity index is 2.37. The fraction of sp³-hybridized carbons (Fsp3) is 0.562. The standard InChI is InChI=1S/C16H24N2O2S/c1-4-16(5-2)10-18(9-11(3)15(17)21)13-8-12(19)6-7-14(13)20-16/h6-8,11,19H,4-5,9-10H2,1-3H3,(H2,17,21). The van der Waals surface area contributed by atoms with Crippen LogP contribution in [0.1, 0.15) is 33.6 Å². The van der Waals surface area contributed by atoms with Crippen molar-refractivity contribution in [1.82, 2.24) is 0 Å². The van der Waals surface area contributed by atoms with Crippen LogP contribution in [-0.4, -0.2) is 28.8 Å². The van der Waals surface area contributed by atoms with Gasteiger partial charge >= 0.3 is 0 Å². The molecule has 0 saturated carbocycles. The summed E-state index contributed by atoms with van der Waals surface area (Å²) in [6.07, 6.45) is 1.86. The molecule has 0 bridgehead atoms. The van der Waals surface area contributed by atoms with Gasteiger partial charge in [0.05, 0.1) is 17.2 Å². The summed E-state index contributed by atoms with van der Waals surface area (Å²) in [6.45, 7) is 7.83. The van der Waals surface area contributed by atoms with Gasteiger partial charge in [0.25, 0.3) is 0 Å². The Morgan fingerprint density at radius 1 is 1.48 bits per heavy atom. The first-order chi connectivity index (χ1) is 9.90. The summed E-state index contributed by atoms with van der Waals surface area (Å²) in [5.74, 6) is 1.17. The normalized spacial score (nSPS) is 17.8. The topological polar surface area (TPSA) is 58.7 Å². The van der Waals surface area contributed by atoms with Crippen molar-refractivity contribution in [2.45, 2.75) is 39.2 Å². The van der Waals surface area contributed by atoms with Crippen LogP contribution in [-0.2, 0) is 0 Å². The van der Waals surface area contributed by atoms with Gasteiger partial charge in [-0.05, 0) is 25.0 Å². The molecule has 0 spiro atoms. The summed E-state index contributed by atoms with van der Waals surface area (Å²) in [5.41, 5.74) is 6.48. The summed E-state index contributed by atoms with van der Waals surface area (Å²) in [7, 11) is 0. The Bertz CT molecular complexity index is 529. The van der Waals surface area contributed by atoms with E-state index in [-0.39, 0.29) is 17.3 Å². The van der Waals surface area contributed by atoms with E-state index in [1.165, 1.54) is 0 Å². The molecule has 1 heterocycles. The Hall–Kier alpha value is -1.49. The molecule has 0 saturated heterocycles. The molecular weight excluding hydrogens is 284 g/mol. The van der Waals surface area contributed by atoms with Crippen molar-refractivity contribution < 1.29 is 9.84 Å². The number of anilines is 1. The van der Waals surface area contributed by atoms with Crippen LogP contribution in [0.15, 0.2) is 18.2 Å². The predicted molar refractivity (Wildman–Crippen MR) is 90.2 cm³/mol. The van der Waals surface area contributed by atoms with Crippen molar-refractivity contribution in [3.05, 3.63) is 18.2 Å². The third kappa shape index (κ3) is 3.23. The fourth-order valence-electron chi connectivity index (χ4n) is 2.74. The monoisotopic (exact) mass is 308 g/mol. The summed E-state index contributed by atoms with van der Waals surface area (Å²) < 4.78 is 6.23. The summed E-state index contributed by atoms with van der Waals surface area (Å²) in [6, 6.07) is 5.24. The van der Waals surface area contributed by atoms with Crippen molar-refractivity contribution >= 4 is 22.9 Å². The Morgan fingerprint density at radius 3 is 2.71 bits per heavy atom. The Morgan fingerprint density at radius 2 is 2.14 bits per heavy atom. The molecule has 21 heavy (non-hydrogen) atoms. The molecule has 1 aromatic carbocycles. The molecule has 1 aliphatic heterocycles. The molecule has 0 fully saturated rings. The predicted octanol–water partition coefficient (Wildman–Crippen LogP) is 3.07. The highest BCUT2D eigenvalue weighted by atomic mass is 32.1. The van der Waals surface area contributed by atoms with Crippen molar-refractivity contribution in [1.29, 1.82) is 0 Å². The first-order valence-corrected chi connectivity index (χ1v) is 7.88. The number of aromatic hydroxyl groups is 1. The number of hydrogen-bond acceptors (Lipinski definition) is 4. The number of benzene rings is 1. The Labute approximate surface area is 131 Å². The van der Waals surface area contributed by atoms with Crippen LogP contribution in [0.2, 0.25) is 0 Å². The minimum atomic E-state index is -0.195. The lowest BCUT2D eigenvalue weighted by Crippen LogP contribution is -2.52. The van der Waals surface area contributed by atoms with Gasteiger partial charge in [0, 0.05) is 18.5 Å². The highest BCUT2D eigenvalue weighted by molar-refractivity contribution is 7.80. The third-order valence-corrected chi connectivity index (χ3v) is 4.76. The summed E-state index contributed by atoms with van der Waals surface area (Å²) in [5, 5.41) is 9.76. The molecule has 1 unspecified atom stereocenters. The lowest BCUT2D eigenvalue weighted by Gasteiger charge is -2.44. The maximum absolute atomic E-state index is 9.76. The zero-order chi connectivity index (χ0) is 15.6. The molecule has 1 aromatic rings. The van der Waals surface area contributed by atoms with E-state index in [9.17, 15) is 5.11 Å². The lowest BCUT2D eigenvalue weighted by molar-refractivity contribution is 0.0570. The highest BCUT2D eigenvalue weighted by Gasteiger charge is 2.37. The van der Waals surface area contributed by atoms with Gasteiger partial charge in [-0.1, -0.05) is 33.0 Å². The van der Waals surface area contributed by atoms with Crippen LogP contribution < -0.4 is 15.4 Å². The number of hydrogen-bond donors (Lipinski definition) is 2. The van der Waals surface area contributed by atoms with E-state index in [0.29, 0.717) is 4.99 Å². The molecule has 0 aromatic heterocycles. The van der Waals surface area contributed by atoms with Gasteiger partial charge in [-0.2, -0.15) is 0 Å². The smallest absolute Gasteiger partial charge is 0.143 e. The van der Waals surface area contributed by atoms with Gasteiger partial charge in [-0.15, -0.1) is 0 Å². The molecule has 3 N–H and O–H groups in total. The first kappa shape index (κ1) is 15.9. The average molecular weight is 308 g/mol. The molecule has 2 rings (SSSR count). The van der Waals surface area contributed by atoms with E-state index in [1.54, 1.807) is 12.1 Å². The molecule has 4 nitrogen and oxygen atoms in total. The van der Waals surface area contributed by atoms with E-state index >= 15 is 0 Å². The minimum absolute atomic E-state index is 0.111. The molecule has 0 radical (unpaired) electrons. The van der Waals surface area contributed by atoms with Crippen LogP contribution in [0.5, 0.6) is 11.5 Å². The molecule has 5 heteroatoms. The van der Waals surface area contributed by atoms with Crippen LogP contribution in [0.4, 0.5) is 5.69 Å². The number of nitrogens with two attached hydrogens (primary N) is 1. The van der Waals surface area contributed by atoms with Gasteiger partial charge < -0.3 is 20.5 Å². The number of nitrogens with zero attached hydrogens (tertiary/aromatic N) is 1. The number of thiocarbonyl (C=S) groups is 1. The largest absolute Gasteiger partial charge is 0.508 e. The third-order valence-electron chi connectivity index (χ3n) is 4.36. The zero-order valence-corrected chi connectivity index (χ0v) is 13.7. The van der Waals surface area contributed by atoms with Crippen LogP contribution in [0, 0.1) is 5.92 Å². The van der Waals surface area contributed by atoms with E-state index in [2.05, 4.69) is 18.7 Å². The lowest BCUT2D eigenvalue weighted by atomic mass is 9.93. The maximum atomic E-state index is 9.76. The molecular formula is C16H24N2O2S. The van der Waals surface area contributed by atoms with Crippen LogP contribution in [0.25, 0.3) is 0 Å². The van der Waals surface area contributed by atoms with Gasteiger partial charge in [-0.3, -0.25) is 0 Å². The fourth-order valence-corrected chi connectivity index (χ4v) is 2.81. The number of phenolic OH excluding ortho intramolecular Hbond substituents is 1. The molecule has 0 aliphatic carbocycles. The van der Waals surface area contributed by atoms with Crippen molar-refractivity contribution in [2.24, 2.45) is 11.7 Å². The SMILES string of the molecule is CCC1(CC)CN(CC(C)C(N)=S)c2cc(O)ccc2O1. The average Bonchev–Trinajstić information content (AvgIpc) is 2.47.